The van der Waals surface area contributed by atoms with Crippen LogP contribution >= 0.6 is 11.6 Å². The molecule has 2 heterocycles. The Hall–Kier alpha value is -1.78. The van der Waals surface area contributed by atoms with Gasteiger partial charge in [0, 0.05) is 48.6 Å². The van der Waals surface area contributed by atoms with Crippen molar-refractivity contribution in [1.82, 2.24) is 10.3 Å². The summed E-state index contributed by atoms with van der Waals surface area (Å²) in [4.78, 5) is 6.57. The van der Waals surface area contributed by atoms with E-state index in [0.717, 1.165) is 43.0 Å². The fourth-order valence-electron chi connectivity index (χ4n) is 2.58. The van der Waals surface area contributed by atoms with Crippen molar-refractivity contribution >= 4 is 23.1 Å². The molecule has 1 saturated heterocycles. The Kier molecular flexibility index (Phi) is 3.76. The molecule has 1 aliphatic heterocycles. The average Bonchev–Trinajstić information content (AvgIpc) is 2.48. The van der Waals surface area contributed by atoms with Gasteiger partial charge in [0.2, 0.25) is 0 Å². The summed E-state index contributed by atoms with van der Waals surface area (Å²) in [5.74, 6) is 0.545. The second-order valence-electron chi connectivity index (χ2n) is 4.84. The quantitative estimate of drug-likeness (QED) is 0.891. The van der Waals surface area contributed by atoms with Crippen LogP contribution < -0.4 is 16.0 Å². The molecule has 20 heavy (non-hydrogen) atoms. The van der Waals surface area contributed by atoms with Gasteiger partial charge in [-0.25, -0.2) is 4.98 Å². The van der Waals surface area contributed by atoms with Crippen LogP contribution in [0.1, 0.15) is 0 Å². The molecule has 104 valence electrons. The van der Waals surface area contributed by atoms with Crippen LogP contribution in [0.15, 0.2) is 36.5 Å². The topological polar surface area (TPSA) is 54.2 Å². The lowest BCUT2D eigenvalue weighted by molar-refractivity contribution is 0.589. The highest BCUT2D eigenvalue weighted by atomic mass is 35.5. The lowest BCUT2D eigenvalue weighted by Crippen LogP contribution is -2.43. The van der Waals surface area contributed by atoms with Crippen molar-refractivity contribution in [2.75, 3.05) is 36.8 Å². The summed E-state index contributed by atoms with van der Waals surface area (Å²) in [6.07, 6.45) is 1.76. The molecular formula is C15H17ClN4. The lowest BCUT2D eigenvalue weighted by atomic mass is 10.0. The predicted octanol–water partition coefficient (Wildman–Crippen LogP) is 2.39. The predicted molar refractivity (Wildman–Crippen MR) is 84.2 cm³/mol. The van der Waals surface area contributed by atoms with Gasteiger partial charge >= 0.3 is 0 Å². The average molecular weight is 289 g/mol. The molecule has 0 radical (unpaired) electrons. The molecule has 3 rings (SSSR count). The van der Waals surface area contributed by atoms with Gasteiger partial charge in [0.15, 0.2) is 0 Å². The Morgan fingerprint density at radius 3 is 2.75 bits per heavy atom. The van der Waals surface area contributed by atoms with Crippen LogP contribution in [0, 0.1) is 0 Å². The fourth-order valence-corrected chi connectivity index (χ4v) is 2.77. The number of pyridine rings is 1. The number of hydrogen-bond donors (Lipinski definition) is 2. The van der Waals surface area contributed by atoms with E-state index in [0.29, 0.717) is 10.8 Å². The Labute approximate surface area is 123 Å². The maximum atomic E-state index is 6.11. The summed E-state index contributed by atoms with van der Waals surface area (Å²) in [6.45, 7) is 3.91. The highest BCUT2D eigenvalue weighted by Crippen LogP contribution is 2.35. The molecule has 0 aliphatic carbocycles. The number of halogens is 1. The molecule has 5 heteroatoms. The van der Waals surface area contributed by atoms with Crippen LogP contribution in [0.5, 0.6) is 0 Å². The summed E-state index contributed by atoms with van der Waals surface area (Å²) >= 11 is 6.10. The molecule has 0 spiro atoms. The van der Waals surface area contributed by atoms with Crippen molar-refractivity contribution in [1.29, 1.82) is 0 Å². The Balaban J connectivity index is 2.09. The minimum Gasteiger partial charge on any atom is -0.383 e. The summed E-state index contributed by atoms with van der Waals surface area (Å²) in [5, 5.41) is 4.06. The first-order chi connectivity index (χ1) is 9.75. The number of nitrogens with one attached hydrogen (secondary N) is 1. The first-order valence-electron chi connectivity index (χ1n) is 6.72. The third kappa shape index (κ3) is 2.57. The number of aromatic nitrogens is 1. The van der Waals surface area contributed by atoms with E-state index < -0.39 is 0 Å². The van der Waals surface area contributed by atoms with Crippen molar-refractivity contribution in [3.05, 3.63) is 41.6 Å². The lowest BCUT2D eigenvalue weighted by Gasteiger charge is -2.31. The summed E-state index contributed by atoms with van der Waals surface area (Å²) < 4.78 is 0. The minimum atomic E-state index is 0.545. The number of nitrogens with zero attached hydrogens (tertiary/aromatic N) is 2. The van der Waals surface area contributed by atoms with Crippen LogP contribution in [0.4, 0.5) is 11.5 Å². The maximum Gasteiger partial charge on any atom is 0.133 e. The summed E-state index contributed by atoms with van der Waals surface area (Å²) in [5.41, 5.74) is 9.22. The first-order valence-corrected chi connectivity index (χ1v) is 7.09. The Morgan fingerprint density at radius 1 is 1.20 bits per heavy atom. The molecule has 1 aromatic carbocycles. The molecule has 0 atom stereocenters. The van der Waals surface area contributed by atoms with Gasteiger partial charge in [-0.2, -0.15) is 0 Å². The molecule has 1 fully saturated rings. The van der Waals surface area contributed by atoms with E-state index in [4.69, 9.17) is 17.3 Å². The molecule has 0 bridgehead atoms. The van der Waals surface area contributed by atoms with E-state index in [1.54, 1.807) is 6.20 Å². The number of nitrogens with two attached hydrogens (primary N) is 1. The molecule has 3 N–H and O–H groups in total. The number of benzene rings is 1. The number of piperazine rings is 1. The second kappa shape index (κ2) is 5.69. The molecule has 4 nitrogen and oxygen atoms in total. The van der Waals surface area contributed by atoms with E-state index in [-0.39, 0.29) is 0 Å². The van der Waals surface area contributed by atoms with Crippen LogP contribution in [0.3, 0.4) is 0 Å². The first kappa shape index (κ1) is 13.2. The van der Waals surface area contributed by atoms with Gasteiger partial charge in [-0.3, -0.25) is 0 Å². The number of anilines is 2. The molecule has 0 unspecified atom stereocenters. The molecule has 0 amide bonds. The van der Waals surface area contributed by atoms with Gasteiger partial charge in [-0.15, -0.1) is 0 Å². The van der Waals surface area contributed by atoms with E-state index in [2.05, 4.69) is 15.2 Å². The van der Waals surface area contributed by atoms with Crippen molar-refractivity contribution in [2.24, 2.45) is 0 Å². The summed E-state index contributed by atoms with van der Waals surface area (Å²) in [7, 11) is 0. The van der Waals surface area contributed by atoms with Gasteiger partial charge < -0.3 is 16.0 Å². The van der Waals surface area contributed by atoms with E-state index in [1.165, 1.54) is 0 Å². The van der Waals surface area contributed by atoms with Gasteiger partial charge in [0.25, 0.3) is 0 Å². The zero-order valence-corrected chi connectivity index (χ0v) is 11.9. The summed E-state index contributed by atoms with van der Waals surface area (Å²) in [6, 6.07) is 9.78. The monoisotopic (exact) mass is 288 g/mol. The third-order valence-corrected chi connectivity index (χ3v) is 3.76. The fraction of sp³-hybridized carbons (Fsp3) is 0.267. The van der Waals surface area contributed by atoms with E-state index >= 15 is 0 Å². The van der Waals surface area contributed by atoms with Gasteiger partial charge in [-0.05, 0) is 23.8 Å². The third-order valence-electron chi connectivity index (χ3n) is 3.53. The van der Waals surface area contributed by atoms with Crippen molar-refractivity contribution in [3.63, 3.8) is 0 Å². The SMILES string of the molecule is Nc1nccc(N2CCNCC2)c1-c1cccc(Cl)c1. The molecular weight excluding hydrogens is 272 g/mol. The normalized spacial score (nSPS) is 15.3. The van der Waals surface area contributed by atoms with E-state index in [9.17, 15) is 0 Å². The zero-order valence-electron chi connectivity index (χ0n) is 11.1. The second-order valence-corrected chi connectivity index (χ2v) is 5.27. The van der Waals surface area contributed by atoms with Gasteiger partial charge in [-0.1, -0.05) is 23.7 Å². The maximum absolute atomic E-state index is 6.11. The van der Waals surface area contributed by atoms with Crippen molar-refractivity contribution < 1.29 is 0 Å². The van der Waals surface area contributed by atoms with Crippen LogP contribution in [-0.4, -0.2) is 31.2 Å². The molecule has 0 saturated carbocycles. The van der Waals surface area contributed by atoms with Gasteiger partial charge in [0.1, 0.15) is 5.82 Å². The number of nitrogen functional groups attached to an aromatic ring is 1. The van der Waals surface area contributed by atoms with Crippen LogP contribution in [0.25, 0.3) is 11.1 Å². The minimum absolute atomic E-state index is 0.545. The zero-order chi connectivity index (χ0) is 13.9. The smallest absolute Gasteiger partial charge is 0.133 e. The molecule has 2 aromatic rings. The standard InChI is InChI=1S/C15H17ClN4/c16-12-3-1-2-11(10-12)14-13(4-5-19-15(14)17)20-8-6-18-7-9-20/h1-5,10,18H,6-9H2,(H2,17,19). The highest BCUT2D eigenvalue weighted by Gasteiger charge is 2.17. The number of rotatable bonds is 2. The Morgan fingerprint density at radius 2 is 2.00 bits per heavy atom. The highest BCUT2D eigenvalue weighted by molar-refractivity contribution is 6.30. The largest absolute Gasteiger partial charge is 0.383 e. The number of hydrogen-bond acceptors (Lipinski definition) is 4. The molecule has 1 aromatic heterocycles. The molecule has 1 aliphatic rings. The van der Waals surface area contributed by atoms with E-state index in [1.807, 2.05) is 30.3 Å². The van der Waals surface area contributed by atoms with Crippen LogP contribution in [0.2, 0.25) is 5.02 Å². The van der Waals surface area contributed by atoms with Crippen molar-refractivity contribution in [2.45, 2.75) is 0 Å². The van der Waals surface area contributed by atoms with Gasteiger partial charge in [0.05, 0.1) is 0 Å². The van der Waals surface area contributed by atoms with Crippen molar-refractivity contribution in [3.8, 4) is 11.1 Å². The van der Waals surface area contributed by atoms with Crippen LogP contribution in [-0.2, 0) is 0 Å². The Bertz CT molecular complexity index is 609.